The summed E-state index contributed by atoms with van der Waals surface area (Å²) < 4.78 is 13.4. The molecule has 7 heteroatoms. The van der Waals surface area contributed by atoms with E-state index in [1.165, 1.54) is 23.5 Å². The van der Waals surface area contributed by atoms with Crippen LogP contribution in [0.4, 0.5) is 14.9 Å². The summed E-state index contributed by atoms with van der Waals surface area (Å²) in [6.45, 7) is -0.349. The van der Waals surface area contributed by atoms with Crippen LogP contribution in [0.2, 0.25) is 5.02 Å². The first-order valence-electron chi connectivity index (χ1n) is 5.75. The van der Waals surface area contributed by atoms with Gasteiger partial charge in [0.25, 0.3) is 0 Å². The Morgan fingerprint density at radius 3 is 2.85 bits per heavy atom. The van der Waals surface area contributed by atoms with Crippen LogP contribution in [0.25, 0.3) is 0 Å². The lowest BCUT2D eigenvalue weighted by Crippen LogP contribution is -2.34. The van der Waals surface area contributed by atoms with E-state index in [1.807, 2.05) is 5.38 Å². The van der Waals surface area contributed by atoms with Gasteiger partial charge in [0, 0.05) is 5.38 Å². The van der Waals surface area contributed by atoms with Crippen molar-refractivity contribution in [3.63, 3.8) is 0 Å². The van der Waals surface area contributed by atoms with E-state index in [-0.39, 0.29) is 11.6 Å². The molecular weight excluding hydrogens is 303 g/mol. The van der Waals surface area contributed by atoms with Gasteiger partial charge in [0.1, 0.15) is 5.82 Å². The number of carbonyl (C=O) groups is 1. The molecule has 1 atom stereocenters. The first-order chi connectivity index (χ1) is 9.60. The number of aliphatic hydroxyl groups excluding tert-OH is 1. The molecule has 2 aromatic rings. The monoisotopic (exact) mass is 314 g/mol. The molecule has 1 aromatic heterocycles. The highest BCUT2D eigenvalue weighted by molar-refractivity contribution is 7.08. The second-order valence-electron chi connectivity index (χ2n) is 4.02. The van der Waals surface area contributed by atoms with Crippen molar-refractivity contribution in [2.75, 3.05) is 11.9 Å². The average molecular weight is 315 g/mol. The Kier molecular flexibility index (Phi) is 4.94. The normalized spacial score (nSPS) is 11.9. The Morgan fingerprint density at radius 2 is 2.25 bits per heavy atom. The summed E-state index contributed by atoms with van der Waals surface area (Å²) in [6.07, 6.45) is 0. The summed E-state index contributed by atoms with van der Waals surface area (Å²) in [5.41, 5.74) is 1.10. The van der Waals surface area contributed by atoms with Gasteiger partial charge in [0.05, 0.1) is 23.4 Å². The Morgan fingerprint density at radius 1 is 1.45 bits per heavy atom. The molecule has 0 aliphatic rings. The molecule has 1 heterocycles. The maximum Gasteiger partial charge on any atom is 0.319 e. The standard InChI is InChI=1S/C13H12ClFN2O2S/c14-10-2-1-8(5-11(10)15)12(6-18)17-13(19)16-9-3-4-20-7-9/h1-5,7,12,18H,6H2,(H2,16,17,19). The molecule has 2 rings (SSSR count). The first kappa shape index (κ1) is 14.8. The molecule has 0 saturated heterocycles. The Hall–Kier alpha value is -1.63. The van der Waals surface area contributed by atoms with Gasteiger partial charge >= 0.3 is 6.03 Å². The van der Waals surface area contributed by atoms with Crippen molar-refractivity contribution < 1.29 is 14.3 Å². The van der Waals surface area contributed by atoms with Crippen LogP contribution >= 0.6 is 22.9 Å². The number of carbonyl (C=O) groups excluding carboxylic acids is 1. The van der Waals surface area contributed by atoms with Crippen molar-refractivity contribution in [3.8, 4) is 0 Å². The lowest BCUT2D eigenvalue weighted by atomic mass is 10.1. The van der Waals surface area contributed by atoms with Gasteiger partial charge in [-0.1, -0.05) is 17.7 Å². The van der Waals surface area contributed by atoms with Gasteiger partial charge in [-0.3, -0.25) is 0 Å². The quantitative estimate of drug-likeness (QED) is 0.810. The van der Waals surface area contributed by atoms with Gasteiger partial charge in [0.15, 0.2) is 0 Å². The number of nitrogens with one attached hydrogen (secondary N) is 2. The summed E-state index contributed by atoms with van der Waals surface area (Å²) in [4.78, 5) is 11.8. The van der Waals surface area contributed by atoms with Crippen molar-refractivity contribution in [1.29, 1.82) is 0 Å². The molecule has 0 radical (unpaired) electrons. The van der Waals surface area contributed by atoms with Gasteiger partial charge in [0.2, 0.25) is 0 Å². The smallest absolute Gasteiger partial charge is 0.319 e. The van der Waals surface area contributed by atoms with Crippen LogP contribution in [-0.2, 0) is 0 Å². The van der Waals surface area contributed by atoms with E-state index in [9.17, 15) is 14.3 Å². The van der Waals surface area contributed by atoms with Crippen molar-refractivity contribution >= 4 is 34.7 Å². The molecule has 0 saturated carbocycles. The molecule has 0 bridgehead atoms. The first-order valence-corrected chi connectivity index (χ1v) is 7.07. The highest BCUT2D eigenvalue weighted by Gasteiger charge is 2.15. The summed E-state index contributed by atoms with van der Waals surface area (Å²) in [5, 5.41) is 18.1. The molecule has 0 aliphatic heterocycles. The van der Waals surface area contributed by atoms with E-state index < -0.39 is 17.9 Å². The van der Waals surface area contributed by atoms with Gasteiger partial charge in [-0.25, -0.2) is 9.18 Å². The number of thiophene rings is 1. The molecule has 1 unspecified atom stereocenters. The third-order valence-corrected chi connectivity index (χ3v) is 3.60. The SMILES string of the molecule is O=C(Nc1ccsc1)NC(CO)c1ccc(Cl)c(F)c1. The van der Waals surface area contributed by atoms with Crippen molar-refractivity contribution in [2.45, 2.75) is 6.04 Å². The second-order valence-corrected chi connectivity index (χ2v) is 5.21. The Labute approximate surface area is 124 Å². The summed E-state index contributed by atoms with van der Waals surface area (Å²) in [6, 6.07) is 4.69. The van der Waals surface area contributed by atoms with Crippen LogP contribution in [-0.4, -0.2) is 17.7 Å². The lowest BCUT2D eigenvalue weighted by molar-refractivity contribution is 0.225. The number of hydrogen-bond donors (Lipinski definition) is 3. The number of aliphatic hydroxyl groups is 1. The number of hydrogen-bond acceptors (Lipinski definition) is 3. The van der Waals surface area contributed by atoms with Crippen LogP contribution in [0, 0.1) is 5.82 Å². The zero-order valence-electron chi connectivity index (χ0n) is 10.3. The number of benzene rings is 1. The molecule has 3 N–H and O–H groups in total. The Balaban J connectivity index is 2.04. The van der Waals surface area contributed by atoms with Crippen LogP contribution < -0.4 is 10.6 Å². The predicted molar refractivity (Wildman–Crippen MR) is 77.7 cm³/mol. The highest BCUT2D eigenvalue weighted by atomic mass is 35.5. The molecule has 106 valence electrons. The molecule has 0 spiro atoms. The minimum absolute atomic E-state index is 0.00633. The van der Waals surface area contributed by atoms with E-state index in [4.69, 9.17) is 11.6 Å². The topological polar surface area (TPSA) is 61.4 Å². The summed E-state index contributed by atoms with van der Waals surface area (Å²) in [5.74, 6) is -0.595. The van der Waals surface area contributed by atoms with Crippen molar-refractivity contribution in [1.82, 2.24) is 5.32 Å². The summed E-state index contributed by atoms with van der Waals surface area (Å²) in [7, 11) is 0. The molecule has 0 fully saturated rings. The van der Waals surface area contributed by atoms with Crippen molar-refractivity contribution in [3.05, 3.63) is 51.4 Å². The van der Waals surface area contributed by atoms with Gasteiger partial charge in [-0.2, -0.15) is 11.3 Å². The summed E-state index contributed by atoms with van der Waals surface area (Å²) >= 11 is 7.04. The number of anilines is 1. The van der Waals surface area contributed by atoms with E-state index in [1.54, 1.807) is 17.5 Å². The number of rotatable bonds is 4. The van der Waals surface area contributed by atoms with Gasteiger partial charge in [-0.05, 0) is 29.1 Å². The average Bonchev–Trinajstić information content (AvgIpc) is 2.92. The van der Waals surface area contributed by atoms with E-state index in [0.717, 1.165) is 0 Å². The zero-order chi connectivity index (χ0) is 14.5. The van der Waals surface area contributed by atoms with Gasteiger partial charge in [-0.15, -0.1) is 0 Å². The molecule has 1 aromatic carbocycles. The van der Waals surface area contributed by atoms with E-state index >= 15 is 0 Å². The minimum atomic E-state index is -0.708. The zero-order valence-corrected chi connectivity index (χ0v) is 11.8. The highest BCUT2D eigenvalue weighted by Crippen LogP contribution is 2.20. The molecule has 4 nitrogen and oxygen atoms in total. The minimum Gasteiger partial charge on any atom is -0.394 e. The number of urea groups is 1. The Bertz CT molecular complexity index is 592. The number of amides is 2. The van der Waals surface area contributed by atoms with Gasteiger partial charge < -0.3 is 15.7 Å². The predicted octanol–water partition coefficient (Wildman–Crippen LogP) is 3.40. The second kappa shape index (κ2) is 6.69. The maximum absolute atomic E-state index is 13.4. The molecular formula is C13H12ClFN2O2S. The maximum atomic E-state index is 13.4. The molecule has 0 aliphatic carbocycles. The fourth-order valence-electron chi connectivity index (χ4n) is 1.62. The third-order valence-electron chi connectivity index (χ3n) is 2.61. The largest absolute Gasteiger partial charge is 0.394 e. The van der Waals surface area contributed by atoms with Crippen LogP contribution in [0.5, 0.6) is 0 Å². The van der Waals surface area contributed by atoms with Crippen LogP contribution in [0.1, 0.15) is 11.6 Å². The lowest BCUT2D eigenvalue weighted by Gasteiger charge is -2.17. The molecule has 2 amide bonds. The fourth-order valence-corrected chi connectivity index (χ4v) is 2.33. The number of halogens is 2. The fraction of sp³-hybridized carbons (Fsp3) is 0.154. The van der Waals surface area contributed by atoms with Crippen LogP contribution in [0.3, 0.4) is 0 Å². The van der Waals surface area contributed by atoms with Crippen LogP contribution in [0.15, 0.2) is 35.0 Å². The van der Waals surface area contributed by atoms with Crippen molar-refractivity contribution in [2.24, 2.45) is 0 Å². The van der Waals surface area contributed by atoms with E-state index in [0.29, 0.717) is 11.3 Å². The van der Waals surface area contributed by atoms with E-state index in [2.05, 4.69) is 10.6 Å². The third kappa shape index (κ3) is 3.69. The molecule has 20 heavy (non-hydrogen) atoms.